The lowest BCUT2D eigenvalue weighted by Gasteiger charge is -2.29. The van der Waals surface area contributed by atoms with E-state index in [-0.39, 0.29) is 12.0 Å². The van der Waals surface area contributed by atoms with Gasteiger partial charge in [-0.2, -0.15) is 0 Å². The van der Waals surface area contributed by atoms with Crippen molar-refractivity contribution < 1.29 is 9.53 Å². The zero-order valence-electron chi connectivity index (χ0n) is 11.8. The van der Waals surface area contributed by atoms with E-state index in [4.69, 9.17) is 16.3 Å². The molecule has 0 radical (unpaired) electrons. The molecule has 1 heterocycles. The van der Waals surface area contributed by atoms with E-state index in [1.54, 1.807) is 18.3 Å². The number of nitrogens with one attached hydrogen (secondary N) is 1. The molecule has 1 aromatic heterocycles. The highest BCUT2D eigenvalue weighted by Crippen LogP contribution is 2.23. The molecule has 1 aromatic rings. The van der Waals surface area contributed by atoms with Gasteiger partial charge in [-0.3, -0.25) is 4.79 Å². The fourth-order valence-corrected chi connectivity index (χ4v) is 2.57. The van der Waals surface area contributed by atoms with Crippen LogP contribution in [0, 0.1) is 0 Å². The largest absolute Gasteiger partial charge is 0.474 e. The van der Waals surface area contributed by atoms with Gasteiger partial charge in [-0.15, -0.1) is 0 Å². The molecule has 20 heavy (non-hydrogen) atoms. The minimum atomic E-state index is 0.163. The Kier molecular flexibility index (Phi) is 5.65. The van der Waals surface area contributed by atoms with Gasteiger partial charge in [-0.05, 0) is 38.2 Å². The van der Waals surface area contributed by atoms with E-state index in [1.807, 2.05) is 6.92 Å². The normalized spacial score (nSPS) is 22.3. The van der Waals surface area contributed by atoms with Crippen molar-refractivity contribution in [3.8, 4) is 5.88 Å². The Morgan fingerprint density at radius 2 is 2.15 bits per heavy atom. The first kappa shape index (κ1) is 15.1. The van der Waals surface area contributed by atoms with Gasteiger partial charge in [0.05, 0.1) is 5.02 Å². The first-order chi connectivity index (χ1) is 9.67. The summed E-state index contributed by atoms with van der Waals surface area (Å²) in [4.78, 5) is 15.7. The SMILES string of the molecule is CCCC(=O)NC1CCC(Oc2ccc(Cl)cn2)CC1. The topological polar surface area (TPSA) is 51.2 Å². The van der Waals surface area contributed by atoms with E-state index >= 15 is 0 Å². The molecule has 0 saturated heterocycles. The Hall–Kier alpha value is -1.29. The van der Waals surface area contributed by atoms with Gasteiger partial charge in [-0.1, -0.05) is 18.5 Å². The molecule has 0 bridgehead atoms. The van der Waals surface area contributed by atoms with Crippen molar-refractivity contribution in [2.75, 3.05) is 0 Å². The molecule has 110 valence electrons. The molecule has 5 heteroatoms. The van der Waals surface area contributed by atoms with Gasteiger partial charge >= 0.3 is 0 Å². The molecule has 1 amide bonds. The van der Waals surface area contributed by atoms with Gasteiger partial charge < -0.3 is 10.1 Å². The second-order valence-electron chi connectivity index (χ2n) is 5.22. The van der Waals surface area contributed by atoms with Crippen LogP contribution in [0.1, 0.15) is 45.4 Å². The molecule has 2 rings (SSSR count). The minimum absolute atomic E-state index is 0.163. The average molecular weight is 297 g/mol. The smallest absolute Gasteiger partial charge is 0.220 e. The summed E-state index contributed by atoms with van der Waals surface area (Å²) in [5, 5.41) is 3.69. The number of aromatic nitrogens is 1. The number of ether oxygens (including phenoxy) is 1. The van der Waals surface area contributed by atoms with Gasteiger partial charge in [0, 0.05) is 24.7 Å². The third-order valence-corrected chi connectivity index (χ3v) is 3.73. The number of hydrogen-bond acceptors (Lipinski definition) is 3. The van der Waals surface area contributed by atoms with Crippen LogP contribution in [0.25, 0.3) is 0 Å². The van der Waals surface area contributed by atoms with Crippen molar-refractivity contribution in [1.29, 1.82) is 0 Å². The second-order valence-corrected chi connectivity index (χ2v) is 5.66. The first-order valence-corrected chi connectivity index (χ1v) is 7.62. The van der Waals surface area contributed by atoms with Gasteiger partial charge in [0.2, 0.25) is 11.8 Å². The van der Waals surface area contributed by atoms with Crippen LogP contribution in [0.15, 0.2) is 18.3 Å². The standard InChI is InChI=1S/C15H21ClN2O2/c1-2-3-14(19)18-12-5-7-13(8-6-12)20-15-9-4-11(16)10-17-15/h4,9-10,12-13H,2-3,5-8H2,1H3,(H,18,19). The molecule has 0 unspecified atom stereocenters. The third-order valence-electron chi connectivity index (χ3n) is 3.50. The molecule has 0 spiro atoms. The van der Waals surface area contributed by atoms with Gasteiger partial charge in [0.1, 0.15) is 6.10 Å². The highest BCUT2D eigenvalue weighted by Gasteiger charge is 2.23. The maximum absolute atomic E-state index is 11.6. The number of rotatable bonds is 5. The van der Waals surface area contributed by atoms with Crippen LogP contribution < -0.4 is 10.1 Å². The van der Waals surface area contributed by atoms with Crippen molar-refractivity contribution >= 4 is 17.5 Å². The molecule has 0 atom stereocenters. The monoisotopic (exact) mass is 296 g/mol. The van der Waals surface area contributed by atoms with Gasteiger partial charge in [-0.25, -0.2) is 4.98 Å². The average Bonchev–Trinajstić information content (AvgIpc) is 2.44. The molecule has 0 aromatic carbocycles. The summed E-state index contributed by atoms with van der Waals surface area (Å²) >= 11 is 5.79. The molecule has 1 aliphatic carbocycles. The second kappa shape index (κ2) is 7.48. The maximum Gasteiger partial charge on any atom is 0.220 e. The lowest BCUT2D eigenvalue weighted by atomic mass is 9.93. The number of nitrogens with zero attached hydrogens (tertiary/aromatic N) is 1. The summed E-state index contributed by atoms with van der Waals surface area (Å²) < 4.78 is 5.83. The molecule has 1 N–H and O–H groups in total. The number of carbonyl (C=O) groups excluding carboxylic acids is 1. The molecule has 0 aliphatic heterocycles. The van der Waals surface area contributed by atoms with Crippen molar-refractivity contribution in [1.82, 2.24) is 10.3 Å². The lowest BCUT2D eigenvalue weighted by Crippen LogP contribution is -2.39. The van der Waals surface area contributed by atoms with E-state index in [1.165, 1.54) is 0 Å². The Bertz CT molecular complexity index is 428. The predicted molar refractivity (Wildman–Crippen MR) is 79.0 cm³/mol. The Morgan fingerprint density at radius 1 is 1.40 bits per heavy atom. The highest BCUT2D eigenvalue weighted by atomic mass is 35.5. The van der Waals surface area contributed by atoms with Crippen LogP contribution in [0.2, 0.25) is 5.02 Å². The summed E-state index contributed by atoms with van der Waals surface area (Å²) in [6, 6.07) is 3.87. The van der Waals surface area contributed by atoms with Crippen LogP contribution in [0.3, 0.4) is 0 Å². The van der Waals surface area contributed by atoms with E-state index in [2.05, 4.69) is 10.3 Å². The summed E-state index contributed by atoms with van der Waals surface area (Å²) in [5.41, 5.74) is 0. The summed E-state index contributed by atoms with van der Waals surface area (Å²) in [6.45, 7) is 2.02. The number of amides is 1. The van der Waals surface area contributed by atoms with Crippen LogP contribution in [0.4, 0.5) is 0 Å². The zero-order valence-corrected chi connectivity index (χ0v) is 12.5. The molecular formula is C15H21ClN2O2. The van der Waals surface area contributed by atoms with Crippen LogP contribution in [0.5, 0.6) is 5.88 Å². The van der Waals surface area contributed by atoms with E-state index < -0.39 is 0 Å². The van der Waals surface area contributed by atoms with Crippen LogP contribution in [-0.4, -0.2) is 23.0 Å². The van der Waals surface area contributed by atoms with Crippen molar-refractivity contribution in [3.05, 3.63) is 23.4 Å². The van der Waals surface area contributed by atoms with E-state index in [0.717, 1.165) is 32.1 Å². The minimum Gasteiger partial charge on any atom is -0.474 e. The third kappa shape index (κ3) is 4.67. The Morgan fingerprint density at radius 3 is 2.75 bits per heavy atom. The summed E-state index contributed by atoms with van der Waals surface area (Å²) in [7, 11) is 0. The lowest BCUT2D eigenvalue weighted by molar-refractivity contribution is -0.122. The van der Waals surface area contributed by atoms with Gasteiger partial charge in [0.15, 0.2) is 0 Å². The number of halogens is 1. The summed E-state index contributed by atoms with van der Waals surface area (Å²) in [6.07, 6.45) is 7.11. The first-order valence-electron chi connectivity index (χ1n) is 7.25. The fraction of sp³-hybridized carbons (Fsp3) is 0.600. The van der Waals surface area contributed by atoms with Crippen molar-refractivity contribution in [2.45, 2.75) is 57.6 Å². The highest BCUT2D eigenvalue weighted by molar-refractivity contribution is 6.30. The predicted octanol–water partition coefficient (Wildman–Crippen LogP) is 3.34. The van der Waals surface area contributed by atoms with Gasteiger partial charge in [0.25, 0.3) is 0 Å². The Balaban J connectivity index is 1.74. The maximum atomic E-state index is 11.6. The molecule has 1 aliphatic rings. The molecule has 1 saturated carbocycles. The van der Waals surface area contributed by atoms with Crippen LogP contribution in [-0.2, 0) is 4.79 Å². The molecule has 1 fully saturated rings. The van der Waals surface area contributed by atoms with E-state index in [9.17, 15) is 4.79 Å². The number of carbonyl (C=O) groups is 1. The number of pyridine rings is 1. The quantitative estimate of drug-likeness (QED) is 0.906. The number of hydrogen-bond donors (Lipinski definition) is 1. The Labute approximate surface area is 124 Å². The van der Waals surface area contributed by atoms with Crippen molar-refractivity contribution in [2.24, 2.45) is 0 Å². The fourth-order valence-electron chi connectivity index (χ4n) is 2.45. The molecule has 4 nitrogen and oxygen atoms in total. The molecular weight excluding hydrogens is 276 g/mol. The van der Waals surface area contributed by atoms with E-state index in [0.29, 0.717) is 23.4 Å². The zero-order chi connectivity index (χ0) is 14.4. The summed E-state index contributed by atoms with van der Waals surface area (Å²) in [5.74, 6) is 0.782. The van der Waals surface area contributed by atoms with Crippen molar-refractivity contribution in [3.63, 3.8) is 0 Å². The van der Waals surface area contributed by atoms with Crippen LogP contribution >= 0.6 is 11.6 Å².